The van der Waals surface area contributed by atoms with Crippen LogP contribution in [0.4, 0.5) is 0 Å². The van der Waals surface area contributed by atoms with E-state index in [1.165, 1.54) is 11.8 Å². The minimum Gasteiger partial charge on any atom is -0.328 e. The molecule has 2 N–H and O–H groups in total. The monoisotopic (exact) mass is 267 g/mol. The van der Waals surface area contributed by atoms with Crippen LogP contribution in [0.5, 0.6) is 0 Å². The number of hydrogen-bond acceptors (Lipinski definition) is 3. The van der Waals surface area contributed by atoms with E-state index < -0.39 is 9.84 Å². The zero-order chi connectivity index (χ0) is 13.4. The van der Waals surface area contributed by atoms with Gasteiger partial charge in [-0.1, -0.05) is 24.3 Å². The van der Waals surface area contributed by atoms with Crippen molar-refractivity contribution in [2.75, 3.05) is 12.0 Å². The van der Waals surface area contributed by atoms with Gasteiger partial charge in [0.05, 0.1) is 5.75 Å². The van der Waals surface area contributed by atoms with Crippen molar-refractivity contribution in [2.24, 2.45) is 5.73 Å². The van der Waals surface area contributed by atoms with Crippen LogP contribution in [0.1, 0.15) is 30.9 Å². The molecule has 0 aliphatic heterocycles. The molecule has 0 radical (unpaired) electrons. The predicted octanol–water partition coefficient (Wildman–Crippen LogP) is 1.65. The zero-order valence-corrected chi connectivity index (χ0v) is 11.8. The molecule has 1 atom stereocenters. The van der Waals surface area contributed by atoms with Gasteiger partial charge >= 0.3 is 0 Å². The van der Waals surface area contributed by atoms with E-state index in [0.717, 1.165) is 24.8 Å². The Morgan fingerprint density at radius 1 is 1.28 bits per heavy atom. The first-order valence-corrected chi connectivity index (χ1v) is 8.40. The third-order valence-corrected chi connectivity index (χ3v) is 4.59. The summed E-state index contributed by atoms with van der Waals surface area (Å²) in [6, 6.07) is 8.43. The maximum atomic E-state index is 11.5. The first-order chi connectivity index (χ1) is 8.31. The second-order valence-corrected chi connectivity index (χ2v) is 7.87. The number of nitrogens with two attached hydrogens (primary N) is 1. The molecule has 0 saturated heterocycles. The summed E-state index contributed by atoms with van der Waals surface area (Å²) in [5.41, 5.74) is 8.02. The first-order valence-electron chi connectivity index (χ1n) is 6.33. The number of sulfone groups is 1. The Hall–Kier alpha value is -0.870. The highest BCUT2D eigenvalue weighted by atomic mass is 32.2. The van der Waals surface area contributed by atoms with Gasteiger partial charge in [0.15, 0.2) is 0 Å². The lowest BCUT2D eigenvalue weighted by Crippen LogP contribution is -2.20. The van der Waals surface area contributed by atoms with Crippen molar-refractivity contribution < 1.29 is 8.42 Å². The summed E-state index contributed by atoms with van der Waals surface area (Å²) in [5, 5.41) is 0. The Labute approximate surface area is 109 Å². The maximum absolute atomic E-state index is 11.5. The average Bonchev–Trinajstić information content (AvgIpc) is 2.96. The van der Waals surface area contributed by atoms with Gasteiger partial charge in [0.25, 0.3) is 0 Å². The fourth-order valence-electron chi connectivity index (χ4n) is 2.54. The van der Waals surface area contributed by atoms with Crippen LogP contribution in [0.2, 0.25) is 0 Å². The van der Waals surface area contributed by atoms with Gasteiger partial charge < -0.3 is 5.73 Å². The number of benzene rings is 1. The highest BCUT2D eigenvalue weighted by Crippen LogP contribution is 2.49. The first kappa shape index (κ1) is 13.6. The van der Waals surface area contributed by atoms with E-state index in [-0.39, 0.29) is 17.2 Å². The van der Waals surface area contributed by atoms with E-state index in [9.17, 15) is 8.42 Å². The predicted molar refractivity (Wildman–Crippen MR) is 74.4 cm³/mol. The molecule has 1 aliphatic rings. The molecule has 1 aromatic carbocycles. The Bertz CT molecular complexity index is 513. The van der Waals surface area contributed by atoms with Crippen LogP contribution in [0.15, 0.2) is 24.3 Å². The Morgan fingerprint density at radius 2 is 1.83 bits per heavy atom. The van der Waals surface area contributed by atoms with Crippen LogP contribution in [-0.4, -0.2) is 26.5 Å². The molecule has 0 spiro atoms. The van der Waals surface area contributed by atoms with E-state index in [1.54, 1.807) is 0 Å². The molecule has 18 heavy (non-hydrogen) atoms. The average molecular weight is 267 g/mol. The van der Waals surface area contributed by atoms with Gasteiger partial charge in [0.2, 0.25) is 0 Å². The molecule has 1 aromatic rings. The molecular weight excluding hydrogens is 246 g/mol. The van der Waals surface area contributed by atoms with Gasteiger partial charge in [-0.3, -0.25) is 0 Å². The molecule has 1 aliphatic carbocycles. The quantitative estimate of drug-likeness (QED) is 0.882. The second-order valence-electron chi connectivity index (χ2n) is 5.73. The van der Waals surface area contributed by atoms with Gasteiger partial charge in [0, 0.05) is 17.7 Å². The number of rotatable bonds is 5. The third-order valence-electron chi connectivity index (χ3n) is 3.52. The van der Waals surface area contributed by atoms with E-state index in [4.69, 9.17) is 5.73 Å². The fourth-order valence-corrected chi connectivity index (χ4v) is 3.99. The smallest absolute Gasteiger partial charge is 0.148 e. The summed E-state index contributed by atoms with van der Waals surface area (Å²) in [7, 11) is -2.92. The molecule has 1 fully saturated rings. The van der Waals surface area contributed by atoms with Crippen molar-refractivity contribution in [1.82, 2.24) is 0 Å². The Morgan fingerprint density at radius 3 is 2.22 bits per heavy atom. The van der Waals surface area contributed by atoms with E-state index >= 15 is 0 Å². The lowest BCUT2D eigenvalue weighted by Gasteiger charge is -2.15. The van der Waals surface area contributed by atoms with Crippen molar-refractivity contribution in [3.05, 3.63) is 35.4 Å². The number of hydrogen-bond donors (Lipinski definition) is 1. The van der Waals surface area contributed by atoms with E-state index in [2.05, 4.69) is 24.3 Å². The Balaban J connectivity index is 2.15. The summed E-state index contributed by atoms with van der Waals surface area (Å²) in [4.78, 5) is 0. The van der Waals surface area contributed by atoms with Gasteiger partial charge in [-0.25, -0.2) is 8.42 Å². The minimum absolute atomic E-state index is 0.111. The molecular formula is C14H21NO2S. The Kier molecular flexibility index (Phi) is 3.52. The van der Waals surface area contributed by atoms with Crippen molar-refractivity contribution in [2.45, 2.75) is 37.6 Å². The highest BCUT2D eigenvalue weighted by molar-refractivity contribution is 7.90. The van der Waals surface area contributed by atoms with Crippen LogP contribution in [-0.2, 0) is 21.7 Å². The largest absolute Gasteiger partial charge is 0.328 e. The highest BCUT2D eigenvalue weighted by Gasteiger charge is 2.46. The molecule has 1 unspecified atom stereocenters. The van der Waals surface area contributed by atoms with Crippen molar-refractivity contribution in [1.29, 1.82) is 0 Å². The molecule has 0 heterocycles. The summed E-state index contributed by atoms with van der Waals surface area (Å²) in [6.45, 7) is 1.99. The van der Waals surface area contributed by atoms with Crippen LogP contribution >= 0.6 is 0 Å². The summed E-state index contributed by atoms with van der Waals surface area (Å²) in [6.07, 6.45) is 4.14. The summed E-state index contributed by atoms with van der Waals surface area (Å²) >= 11 is 0. The van der Waals surface area contributed by atoms with Crippen molar-refractivity contribution >= 4 is 9.84 Å². The minimum atomic E-state index is -2.92. The van der Waals surface area contributed by atoms with Crippen LogP contribution in [0.3, 0.4) is 0 Å². The molecule has 0 aromatic heterocycles. The standard InChI is InChI=1S/C14H21NO2S/c1-11(15)9-12-3-5-13(6-4-12)14(7-8-14)10-18(2,16)17/h3-6,11H,7-10,15H2,1-2H3. The molecule has 2 rings (SSSR count). The molecule has 3 nitrogen and oxygen atoms in total. The van der Waals surface area contributed by atoms with Crippen LogP contribution in [0, 0.1) is 0 Å². The maximum Gasteiger partial charge on any atom is 0.148 e. The lowest BCUT2D eigenvalue weighted by molar-refractivity contribution is 0.592. The lowest BCUT2D eigenvalue weighted by atomic mass is 9.96. The van der Waals surface area contributed by atoms with Gasteiger partial charge in [-0.05, 0) is 37.3 Å². The zero-order valence-electron chi connectivity index (χ0n) is 11.0. The molecule has 0 bridgehead atoms. The fraction of sp³-hybridized carbons (Fsp3) is 0.571. The molecule has 0 amide bonds. The van der Waals surface area contributed by atoms with Crippen molar-refractivity contribution in [3.8, 4) is 0 Å². The van der Waals surface area contributed by atoms with Gasteiger partial charge in [-0.2, -0.15) is 0 Å². The van der Waals surface area contributed by atoms with Crippen LogP contribution in [0.25, 0.3) is 0 Å². The topological polar surface area (TPSA) is 60.2 Å². The molecule has 4 heteroatoms. The third kappa shape index (κ3) is 3.33. The van der Waals surface area contributed by atoms with E-state index in [0.29, 0.717) is 0 Å². The normalized spacial score (nSPS) is 19.5. The van der Waals surface area contributed by atoms with Crippen molar-refractivity contribution in [3.63, 3.8) is 0 Å². The van der Waals surface area contributed by atoms with Gasteiger partial charge in [-0.15, -0.1) is 0 Å². The molecule has 1 saturated carbocycles. The molecule has 100 valence electrons. The van der Waals surface area contributed by atoms with E-state index in [1.807, 2.05) is 6.92 Å². The SMILES string of the molecule is CC(N)Cc1ccc(C2(CS(C)(=O)=O)CC2)cc1. The summed E-state index contributed by atoms with van der Waals surface area (Å²) in [5.74, 6) is 0.270. The van der Waals surface area contributed by atoms with Gasteiger partial charge in [0.1, 0.15) is 9.84 Å². The summed E-state index contributed by atoms with van der Waals surface area (Å²) < 4.78 is 22.9. The van der Waals surface area contributed by atoms with Crippen LogP contribution < -0.4 is 5.73 Å². The second kappa shape index (κ2) is 4.67.